The van der Waals surface area contributed by atoms with Crippen molar-refractivity contribution >= 4 is 27.5 Å². The van der Waals surface area contributed by atoms with Crippen LogP contribution in [0.15, 0.2) is 59.3 Å². The summed E-state index contributed by atoms with van der Waals surface area (Å²) in [6.07, 6.45) is 1.49. The van der Waals surface area contributed by atoms with Crippen LogP contribution < -0.4 is 5.32 Å². The van der Waals surface area contributed by atoms with Crippen molar-refractivity contribution in [1.29, 1.82) is 0 Å². The van der Waals surface area contributed by atoms with Gasteiger partial charge in [-0.05, 0) is 24.3 Å². The van der Waals surface area contributed by atoms with E-state index < -0.39 is 21.7 Å². The zero-order valence-electron chi connectivity index (χ0n) is 18.1. The van der Waals surface area contributed by atoms with Crippen LogP contribution in [0.2, 0.25) is 0 Å². The van der Waals surface area contributed by atoms with E-state index in [1.54, 1.807) is 35.2 Å². The third-order valence-electron chi connectivity index (χ3n) is 4.69. The van der Waals surface area contributed by atoms with Crippen LogP contribution in [0, 0.1) is 0 Å². The molecule has 0 radical (unpaired) electrons. The van der Waals surface area contributed by atoms with Gasteiger partial charge in [-0.2, -0.15) is 0 Å². The lowest BCUT2D eigenvalue weighted by Gasteiger charge is -2.28. The van der Waals surface area contributed by atoms with Gasteiger partial charge in [0.05, 0.1) is 24.7 Å². The second kappa shape index (κ2) is 12.3. The molecule has 0 spiro atoms. The molecular formula is C21H28N4O7S. The Kier molecular flexibility index (Phi) is 9.75. The number of fused-ring (bicyclic) bond motifs is 1. The van der Waals surface area contributed by atoms with Gasteiger partial charge in [-0.3, -0.25) is 14.0 Å². The summed E-state index contributed by atoms with van der Waals surface area (Å²) >= 11 is 0. The SMILES string of the molecule is CN1C(C(=O)Nc2ccccn2)=C(O)c2ccccc2S1(=O)=O.OCCN(CCO)CCO. The molecule has 0 saturated heterocycles. The van der Waals surface area contributed by atoms with Gasteiger partial charge in [0.2, 0.25) is 0 Å². The Bertz CT molecular complexity index is 1050. The van der Waals surface area contributed by atoms with Gasteiger partial charge in [0.15, 0.2) is 11.5 Å². The highest BCUT2D eigenvalue weighted by molar-refractivity contribution is 7.89. The van der Waals surface area contributed by atoms with Crippen molar-refractivity contribution in [2.45, 2.75) is 4.90 Å². The average molecular weight is 481 g/mol. The Hall–Kier alpha value is -3.03. The Labute approximate surface area is 192 Å². The van der Waals surface area contributed by atoms with Gasteiger partial charge in [0.25, 0.3) is 15.9 Å². The van der Waals surface area contributed by atoms with Crippen molar-refractivity contribution in [3.63, 3.8) is 0 Å². The highest BCUT2D eigenvalue weighted by Crippen LogP contribution is 2.34. The van der Waals surface area contributed by atoms with Crippen molar-refractivity contribution in [2.75, 3.05) is 51.8 Å². The molecule has 0 saturated carbocycles. The first kappa shape index (κ1) is 26.2. The summed E-state index contributed by atoms with van der Waals surface area (Å²) in [7, 11) is -2.69. The van der Waals surface area contributed by atoms with Crippen LogP contribution in [0.25, 0.3) is 5.76 Å². The van der Waals surface area contributed by atoms with E-state index in [-0.39, 0.29) is 41.8 Å². The van der Waals surface area contributed by atoms with Crippen molar-refractivity contribution in [2.24, 2.45) is 0 Å². The zero-order valence-corrected chi connectivity index (χ0v) is 18.9. The van der Waals surface area contributed by atoms with Crippen LogP contribution in [0.4, 0.5) is 5.82 Å². The summed E-state index contributed by atoms with van der Waals surface area (Å²) in [6.45, 7) is 1.75. The number of amides is 1. The molecule has 12 heteroatoms. The van der Waals surface area contributed by atoms with E-state index >= 15 is 0 Å². The van der Waals surface area contributed by atoms with E-state index in [4.69, 9.17) is 15.3 Å². The Balaban J connectivity index is 0.000000328. The number of aliphatic hydroxyl groups is 4. The molecule has 1 aromatic carbocycles. The molecular weight excluding hydrogens is 452 g/mol. The lowest BCUT2D eigenvalue weighted by Crippen LogP contribution is -2.37. The van der Waals surface area contributed by atoms with Crippen molar-refractivity contribution in [3.8, 4) is 0 Å². The van der Waals surface area contributed by atoms with Gasteiger partial charge >= 0.3 is 0 Å². The number of nitrogens with zero attached hydrogens (tertiary/aromatic N) is 3. The molecule has 1 aromatic heterocycles. The van der Waals surface area contributed by atoms with Crippen LogP contribution in [0.5, 0.6) is 0 Å². The quantitative estimate of drug-likeness (QED) is 0.345. The first-order chi connectivity index (χ1) is 15.8. The molecule has 1 aliphatic heterocycles. The summed E-state index contributed by atoms with van der Waals surface area (Å²) in [5, 5.41) is 38.3. The molecule has 5 N–H and O–H groups in total. The maximum absolute atomic E-state index is 12.5. The molecule has 180 valence electrons. The summed E-state index contributed by atoms with van der Waals surface area (Å²) in [5.74, 6) is -0.907. The first-order valence-electron chi connectivity index (χ1n) is 10.1. The molecule has 1 amide bonds. The second-order valence-electron chi connectivity index (χ2n) is 6.85. The Morgan fingerprint density at radius 1 is 1.00 bits per heavy atom. The lowest BCUT2D eigenvalue weighted by molar-refractivity contribution is -0.113. The predicted octanol–water partition coefficient (Wildman–Crippen LogP) is -0.154. The molecule has 0 aliphatic carbocycles. The monoisotopic (exact) mass is 480 g/mol. The number of aromatic nitrogens is 1. The van der Waals surface area contributed by atoms with Gasteiger partial charge in [-0.15, -0.1) is 0 Å². The maximum Gasteiger partial charge on any atom is 0.277 e. The second-order valence-corrected chi connectivity index (χ2v) is 8.79. The smallest absolute Gasteiger partial charge is 0.277 e. The number of nitrogens with one attached hydrogen (secondary N) is 1. The van der Waals surface area contributed by atoms with Gasteiger partial charge in [-0.1, -0.05) is 18.2 Å². The fraction of sp³-hybridized carbons (Fsp3) is 0.333. The number of carbonyl (C=O) groups excluding carboxylic acids is 1. The van der Waals surface area contributed by atoms with E-state index in [1.165, 1.54) is 25.4 Å². The number of aliphatic hydroxyl groups excluding tert-OH is 4. The lowest BCUT2D eigenvalue weighted by atomic mass is 10.1. The molecule has 11 nitrogen and oxygen atoms in total. The van der Waals surface area contributed by atoms with Gasteiger partial charge < -0.3 is 25.7 Å². The number of anilines is 1. The average Bonchev–Trinajstić information content (AvgIpc) is 2.80. The van der Waals surface area contributed by atoms with Crippen LogP contribution in [0.1, 0.15) is 5.56 Å². The largest absolute Gasteiger partial charge is 0.505 e. The molecule has 0 fully saturated rings. The fourth-order valence-corrected chi connectivity index (χ4v) is 4.45. The van der Waals surface area contributed by atoms with Crippen LogP contribution >= 0.6 is 0 Å². The Morgan fingerprint density at radius 2 is 1.58 bits per heavy atom. The predicted molar refractivity (Wildman–Crippen MR) is 122 cm³/mol. The molecule has 2 heterocycles. The van der Waals surface area contributed by atoms with E-state index in [9.17, 15) is 18.3 Å². The van der Waals surface area contributed by atoms with E-state index in [0.29, 0.717) is 19.6 Å². The number of hydrogen-bond donors (Lipinski definition) is 5. The number of pyridine rings is 1. The molecule has 1 aliphatic rings. The summed E-state index contributed by atoms with van der Waals surface area (Å²) in [4.78, 5) is 18.1. The highest BCUT2D eigenvalue weighted by atomic mass is 32.2. The van der Waals surface area contributed by atoms with Gasteiger partial charge in [0.1, 0.15) is 5.82 Å². The Morgan fingerprint density at radius 3 is 2.12 bits per heavy atom. The fourth-order valence-electron chi connectivity index (χ4n) is 3.05. The summed E-state index contributed by atoms with van der Waals surface area (Å²) in [5.41, 5.74) is -0.258. The highest BCUT2D eigenvalue weighted by Gasteiger charge is 2.37. The summed E-state index contributed by atoms with van der Waals surface area (Å²) in [6, 6.07) is 10.9. The minimum absolute atomic E-state index is 0.0469. The minimum atomic E-state index is -3.91. The van der Waals surface area contributed by atoms with Crippen molar-refractivity contribution in [3.05, 3.63) is 59.9 Å². The summed E-state index contributed by atoms with van der Waals surface area (Å²) < 4.78 is 25.8. The third-order valence-corrected chi connectivity index (χ3v) is 6.51. The third kappa shape index (κ3) is 6.49. The maximum atomic E-state index is 12.5. The minimum Gasteiger partial charge on any atom is -0.505 e. The van der Waals surface area contributed by atoms with Crippen LogP contribution in [0.3, 0.4) is 0 Å². The number of carbonyl (C=O) groups is 1. The standard InChI is InChI=1S/C15H13N3O4S.C6H15NO3/c1-18-13(15(20)17-12-8-4-5-9-16-12)14(19)10-6-2-3-7-11(10)23(18,21)22;8-4-1-7(2-5-9)3-6-10/h2-9,19H,1H3,(H,16,17,20);8-10H,1-6H2. The topological polar surface area (TPSA) is 164 Å². The zero-order chi connectivity index (χ0) is 24.4. The van der Waals surface area contributed by atoms with E-state index in [0.717, 1.165) is 4.31 Å². The van der Waals surface area contributed by atoms with Crippen LogP contribution in [-0.4, -0.2) is 95.4 Å². The van der Waals surface area contributed by atoms with E-state index in [2.05, 4.69) is 10.3 Å². The van der Waals surface area contributed by atoms with Crippen LogP contribution in [-0.2, 0) is 14.8 Å². The molecule has 0 atom stereocenters. The molecule has 0 unspecified atom stereocenters. The van der Waals surface area contributed by atoms with Gasteiger partial charge in [0, 0.05) is 38.4 Å². The molecule has 3 rings (SSSR count). The molecule has 2 aromatic rings. The number of likely N-dealkylation sites (N-methyl/N-ethyl adjacent to an activating group) is 1. The molecule has 33 heavy (non-hydrogen) atoms. The van der Waals surface area contributed by atoms with Crippen molar-refractivity contribution in [1.82, 2.24) is 14.2 Å². The number of hydrogen-bond acceptors (Lipinski definition) is 9. The number of sulfonamides is 1. The number of benzene rings is 1. The van der Waals surface area contributed by atoms with E-state index in [1.807, 2.05) is 0 Å². The molecule has 0 bridgehead atoms. The van der Waals surface area contributed by atoms with Gasteiger partial charge in [-0.25, -0.2) is 13.4 Å². The normalized spacial score (nSPS) is 14.4. The van der Waals surface area contributed by atoms with Crippen molar-refractivity contribution < 1.29 is 33.6 Å². The first-order valence-corrected chi connectivity index (χ1v) is 11.5. The number of rotatable bonds is 8.